The Balaban J connectivity index is 1.44. The lowest BCUT2D eigenvalue weighted by molar-refractivity contribution is -0.160. The van der Waals surface area contributed by atoms with Crippen LogP contribution in [0.25, 0.3) is 17.0 Å². The molecule has 0 amide bonds. The van der Waals surface area contributed by atoms with E-state index >= 15 is 0 Å². The zero-order valence-electron chi connectivity index (χ0n) is 16.2. The number of rotatable bonds is 4. The van der Waals surface area contributed by atoms with E-state index in [1.165, 1.54) is 23.0 Å². The van der Waals surface area contributed by atoms with Gasteiger partial charge in [-0.05, 0) is 43.7 Å². The van der Waals surface area contributed by atoms with Gasteiger partial charge in [-0.3, -0.25) is 0 Å². The van der Waals surface area contributed by atoms with Crippen molar-refractivity contribution in [1.29, 1.82) is 0 Å². The molecule has 5 rings (SSSR count). The third kappa shape index (κ3) is 3.10. The Hall–Kier alpha value is -2.75. The summed E-state index contributed by atoms with van der Waals surface area (Å²) in [4.78, 5) is 10.7. The summed E-state index contributed by atoms with van der Waals surface area (Å²) >= 11 is 0. The largest absolute Gasteiger partial charge is 0.398 e. The Morgan fingerprint density at radius 1 is 1.17 bits per heavy atom. The van der Waals surface area contributed by atoms with Crippen LogP contribution >= 0.6 is 0 Å². The van der Waals surface area contributed by atoms with Gasteiger partial charge in [0.2, 0.25) is 0 Å². The molecule has 1 aliphatic carbocycles. The number of halogens is 4. The minimum Gasteiger partial charge on any atom is -0.363 e. The first-order valence-electron chi connectivity index (χ1n) is 9.74. The van der Waals surface area contributed by atoms with Crippen LogP contribution < -0.4 is 5.32 Å². The molecule has 3 aromatic heterocycles. The van der Waals surface area contributed by atoms with Crippen LogP contribution in [0.4, 0.5) is 23.4 Å². The van der Waals surface area contributed by atoms with Gasteiger partial charge in [0.05, 0.1) is 29.5 Å². The number of fused-ring (bicyclic) bond motifs is 1. The first-order chi connectivity index (χ1) is 14.3. The fourth-order valence-corrected chi connectivity index (χ4v) is 4.11. The average Bonchev–Trinajstić information content (AvgIpc) is 3.33. The Labute approximate surface area is 169 Å². The van der Waals surface area contributed by atoms with Gasteiger partial charge in [-0.2, -0.15) is 18.3 Å². The molecule has 30 heavy (non-hydrogen) atoms. The summed E-state index contributed by atoms with van der Waals surface area (Å²) in [5.41, 5.74) is -0.224. The van der Waals surface area contributed by atoms with Crippen LogP contribution in [0.5, 0.6) is 0 Å². The van der Waals surface area contributed by atoms with Crippen molar-refractivity contribution in [1.82, 2.24) is 24.5 Å². The molecule has 6 nitrogen and oxygen atoms in total. The minimum atomic E-state index is -4.30. The van der Waals surface area contributed by atoms with E-state index in [0.29, 0.717) is 35.9 Å². The third-order valence-corrected chi connectivity index (χ3v) is 5.98. The summed E-state index contributed by atoms with van der Waals surface area (Å²) in [6, 6.07) is 6.39. The van der Waals surface area contributed by atoms with Gasteiger partial charge in [0.25, 0.3) is 0 Å². The van der Waals surface area contributed by atoms with Crippen molar-refractivity contribution in [3.8, 4) is 11.4 Å². The van der Waals surface area contributed by atoms with E-state index in [4.69, 9.17) is 0 Å². The van der Waals surface area contributed by atoms with Gasteiger partial charge < -0.3 is 10.2 Å². The second-order valence-corrected chi connectivity index (χ2v) is 8.13. The molecule has 1 saturated heterocycles. The van der Waals surface area contributed by atoms with Crippen molar-refractivity contribution in [2.45, 2.75) is 36.6 Å². The number of imidazole rings is 1. The standard InChI is InChI=1S/C20H20F4N6/c1-29-10-13(21)15(11-29)28-17-4-2-3-14(27-17)16-9-25-18-7-12(8-26-30(16)18)19(5-6-19)20(22,23)24/h2-4,7-9,13,15H,5-6,10-11H2,1H3,(H,27,28)/t13-,15-/m0/s1. The summed E-state index contributed by atoms with van der Waals surface area (Å²) in [6.45, 7) is 0.949. The Bertz CT molecular complexity index is 1090. The highest BCUT2D eigenvalue weighted by atomic mass is 19.4. The molecule has 2 atom stereocenters. The normalized spacial score (nSPS) is 23.8. The number of alkyl halides is 4. The van der Waals surface area contributed by atoms with Crippen LogP contribution in [0.15, 0.2) is 36.7 Å². The van der Waals surface area contributed by atoms with E-state index in [2.05, 4.69) is 20.4 Å². The predicted molar refractivity (Wildman–Crippen MR) is 103 cm³/mol. The molecule has 2 aliphatic rings. The molecule has 1 saturated carbocycles. The van der Waals surface area contributed by atoms with Crippen molar-refractivity contribution in [2.75, 3.05) is 25.5 Å². The average molecular weight is 420 g/mol. The third-order valence-electron chi connectivity index (χ3n) is 5.98. The Kier molecular flexibility index (Phi) is 4.25. The smallest absolute Gasteiger partial charge is 0.363 e. The van der Waals surface area contributed by atoms with E-state index in [-0.39, 0.29) is 24.4 Å². The number of nitrogens with one attached hydrogen (secondary N) is 1. The van der Waals surface area contributed by atoms with Gasteiger partial charge in [0, 0.05) is 13.1 Å². The van der Waals surface area contributed by atoms with Gasteiger partial charge in [-0.1, -0.05) is 6.07 Å². The molecular weight excluding hydrogens is 400 g/mol. The van der Waals surface area contributed by atoms with Crippen LogP contribution in [0.3, 0.4) is 0 Å². The molecule has 4 heterocycles. The van der Waals surface area contributed by atoms with Crippen molar-refractivity contribution in [2.24, 2.45) is 0 Å². The Morgan fingerprint density at radius 3 is 2.63 bits per heavy atom. The van der Waals surface area contributed by atoms with Gasteiger partial charge in [-0.15, -0.1) is 0 Å². The summed E-state index contributed by atoms with van der Waals surface area (Å²) < 4.78 is 55.8. The summed E-state index contributed by atoms with van der Waals surface area (Å²) in [7, 11) is 1.86. The molecule has 0 unspecified atom stereocenters. The lowest BCUT2D eigenvalue weighted by atomic mass is 9.98. The highest BCUT2D eigenvalue weighted by Gasteiger charge is 2.64. The number of hydrogen-bond acceptors (Lipinski definition) is 5. The number of likely N-dealkylation sites (tertiary alicyclic amines) is 1. The molecular formula is C20H20F4N6. The number of pyridine rings is 1. The van der Waals surface area contributed by atoms with Crippen LogP contribution in [0, 0.1) is 0 Å². The minimum absolute atomic E-state index is 0.0725. The first kappa shape index (κ1) is 19.2. The van der Waals surface area contributed by atoms with Crippen LogP contribution in [0.2, 0.25) is 0 Å². The highest BCUT2D eigenvalue weighted by molar-refractivity contribution is 5.62. The molecule has 0 spiro atoms. The number of anilines is 1. The Morgan fingerprint density at radius 2 is 1.97 bits per heavy atom. The number of aromatic nitrogens is 4. The molecule has 10 heteroatoms. The molecule has 3 aromatic rings. The van der Waals surface area contributed by atoms with E-state index in [1.54, 1.807) is 18.2 Å². The quantitative estimate of drug-likeness (QED) is 0.656. The zero-order valence-corrected chi connectivity index (χ0v) is 16.2. The fraction of sp³-hybridized carbons (Fsp3) is 0.450. The molecule has 1 N–H and O–H groups in total. The van der Waals surface area contributed by atoms with E-state index in [9.17, 15) is 17.6 Å². The van der Waals surface area contributed by atoms with E-state index < -0.39 is 17.8 Å². The summed E-state index contributed by atoms with van der Waals surface area (Å²) in [6.07, 6.45) is -2.34. The van der Waals surface area contributed by atoms with Gasteiger partial charge in [0.15, 0.2) is 5.65 Å². The molecule has 0 aromatic carbocycles. The fourth-order valence-electron chi connectivity index (χ4n) is 4.11. The predicted octanol–water partition coefficient (Wildman–Crippen LogP) is 3.45. The lowest BCUT2D eigenvalue weighted by Crippen LogP contribution is -2.29. The van der Waals surface area contributed by atoms with Crippen LogP contribution in [0.1, 0.15) is 18.4 Å². The van der Waals surface area contributed by atoms with E-state index in [1.807, 2.05) is 11.9 Å². The first-order valence-corrected chi connectivity index (χ1v) is 9.74. The molecule has 1 aliphatic heterocycles. The summed E-state index contributed by atoms with van der Waals surface area (Å²) in [5.74, 6) is 0.524. The number of likely N-dealkylation sites (N-methyl/N-ethyl adjacent to an activating group) is 1. The van der Waals surface area contributed by atoms with Gasteiger partial charge >= 0.3 is 6.18 Å². The van der Waals surface area contributed by atoms with Gasteiger partial charge in [0.1, 0.15) is 17.7 Å². The number of hydrogen-bond donors (Lipinski definition) is 1. The van der Waals surface area contributed by atoms with Crippen LogP contribution in [-0.4, -0.2) is 63.0 Å². The second-order valence-electron chi connectivity index (χ2n) is 8.13. The maximum atomic E-state index is 14.1. The monoisotopic (exact) mass is 420 g/mol. The molecule has 0 radical (unpaired) electrons. The molecule has 0 bridgehead atoms. The molecule has 2 fully saturated rings. The van der Waals surface area contributed by atoms with Crippen molar-refractivity contribution in [3.05, 3.63) is 42.2 Å². The lowest BCUT2D eigenvalue weighted by Gasteiger charge is -2.19. The molecule has 158 valence electrons. The van der Waals surface area contributed by atoms with Crippen molar-refractivity contribution < 1.29 is 17.6 Å². The second kappa shape index (κ2) is 6.63. The van der Waals surface area contributed by atoms with Crippen LogP contribution in [-0.2, 0) is 5.41 Å². The maximum absolute atomic E-state index is 14.1. The van der Waals surface area contributed by atoms with Crippen molar-refractivity contribution in [3.63, 3.8) is 0 Å². The zero-order chi connectivity index (χ0) is 21.1. The van der Waals surface area contributed by atoms with Crippen molar-refractivity contribution >= 4 is 11.5 Å². The van der Waals surface area contributed by atoms with Gasteiger partial charge in [-0.25, -0.2) is 18.9 Å². The maximum Gasteiger partial charge on any atom is 0.398 e. The summed E-state index contributed by atoms with van der Waals surface area (Å²) in [5, 5.41) is 7.34. The topological polar surface area (TPSA) is 58.3 Å². The highest BCUT2D eigenvalue weighted by Crippen LogP contribution is 2.58. The number of nitrogens with zero attached hydrogens (tertiary/aromatic N) is 5. The SMILES string of the molecule is CN1C[C@H](Nc2cccc(-c3cnc4cc(C5(C(F)(F)F)CC5)cnn34)n2)[C@@H](F)C1. The van der Waals surface area contributed by atoms with E-state index in [0.717, 1.165) is 0 Å².